The van der Waals surface area contributed by atoms with Crippen molar-refractivity contribution in [3.05, 3.63) is 70.3 Å². The van der Waals surface area contributed by atoms with Crippen molar-refractivity contribution in [1.29, 1.82) is 0 Å². The Balaban J connectivity index is 1.73. The van der Waals surface area contributed by atoms with Gasteiger partial charge in [0, 0.05) is 30.8 Å². The van der Waals surface area contributed by atoms with Crippen LogP contribution < -0.4 is 15.4 Å². The summed E-state index contributed by atoms with van der Waals surface area (Å²) in [5.41, 5.74) is 4.02. The van der Waals surface area contributed by atoms with Crippen LogP contribution >= 0.6 is 11.6 Å². The zero-order valence-corrected chi connectivity index (χ0v) is 17.2. The number of nitrogens with zero attached hydrogens (tertiary/aromatic N) is 2. The second kappa shape index (κ2) is 8.96. The third-order valence-electron chi connectivity index (χ3n) is 4.41. The van der Waals surface area contributed by atoms with E-state index in [1.165, 1.54) is 19.1 Å². The highest BCUT2D eigenvalue weighted by Crippen LogP contribution is 2.29. The summed E-state index contributed by atoms with van der Waals surface area (Å²) in [5.74, 6) is 0.112. The van der Waals surface area contributed by atoms with Crippen LogP contribution in [0.3, 0.4) is 0 Å². The number of carbonyl (C=O) groups excluding carboxylic acids is 1. The fraction of sp³-hybridized carbons (Fsp3) is 0.238. The van der Waals surface area contributed by atoms with Gasteiger partial charge in [-0.25, -0.2) is 9.07 Å². The van der Waals surface area contributed by atoms with Crippen LogP contribution in [-0.2, 0) is 17.9 Å². The molecule has 0 unspecified atom stereocenters. The van der Waals surface area contributed by atoms with E-state index in [9.17, 15) is 9.18 Å². The van der Waals surface area contributed by atoms with Gasteiger partial charge < -0.3 is 15.4 Å². The van der Waals surface area contributed by atoms with E-state index < -0.39 is 0 Å². The van der Waals surface area contributed by atoms with Gasteiger partial charge in [-0.15, -0.1) is 0 Å². The minimum Gasteiger partial charge on any atom is -0.494 e. The molecule has 0 saturated heterocycles. The summed E-state index contributed by atoms with van der Waals surface area (Å²) in [6.07, 6.45) is 0. The average molecular weight is 417 g/mol. The molecule has 2 N–H and O–H groups in total. The van der Waals surface area contributed by atoms with E-state index in [4.69, 9.17) is 16.3 Å². The summed E-state index contributed by atoms with van der Waals surface area (Å²) < 4.78 is 20.1. The molecule has 1 heterocycles. The third kappa shape index (κ3) is 5.06. The lowest BCUT2D eigenvalue weighted by Crippen LogP contribution is -2.08. The number of carbonyl (C=O) groups is 1. The van der Waals surface area contributed by atoms with Crippen molar-refractivity contribution in [2.45, 2.75) is 26.9 Å². The number of benzene rings is 2. The molecule has 0 saturated carbocycles. The first kappa shape index (κ1) is 20.7. The summed E-state index contributed by atoms with van der Waals surface area (Å²) in [7, 11) is 1.55. The lowest BCUT2D eigenvalue weighted by Gasteiger charge is -2.12. The van der Waals surface area contributed by atoms with Gasteiger partial charge in [-0.2, -0.15) is 5.10 Å². The van der Waals surface area contributed by atoms with Crippen LogP contribution in [0.1, 0.15) is 23.7 Å². The average Bonchev–Trinajstić information content (AvgIpc) is 2.95. The molecule has 0 radical (unpaired) electrons. The van der Waals surface area contributed by atoms with Crippen LogP contribution in [0, 0.1) is 12.7 Å². The summed E-state index contributed by atoms with van der Waals surface area (Å²) in [4.78, 5) is 11.3. The van der Waals surface area contributed by atoms with Crippen LogP contribution in [0.5, 0.6) is 5.75 Å². The molecule has 1 aromatic heterocycles. The van der Waals surface area contributed by atoms with E-state index in [0.717, 1.165) is 22.5 Å². The van der Waals surface area contributed by atoms with Gasteiger partial charge in [-0.05, 0) is 36.8 Å². The number of aromatic nitrogens is 2. The van der Waals surface area contributed by atoms with Crippen molar-refractivity contribution in [3.63, 3.8) is 0 Å². The van der Waals surface area contributed by atoms with E-state index in [1.54, 1.807) is 36.1 Å². The molecule has 0 fully saturated rings. The standard InChI is InChI=1S/C21H22ClFN4O2/c1-13-18(21(22)27(26-13)12-15-4-6-16(23)7-5-15)11-24-17-8-9-19(25-14(2)28)20(10-17)29-3/h4-10,24H,11-12H2,1-3H3,(H,25,28). The number of amides is 1. The van der Waals surface area contributed by atoms with Crippen LogP contribution in [0.2, 0.25) is 5.15 Å². The molecule has 29 heavy (non-hydrogen) atoms. The van der Waals surface area contributed by atoms with Crippen molar-refractivity contribution < 1.29 is 13.9 Å². The fourth-order valence-electron chi connectivity index (χ4n) is 2.94. The number of anilines is 2. The zero-order valence-electron chi connectivity index (χ0n) is 16.4. The maximum atomic E-state index is 13.1. The Morgan fingerprint density at radius 1 is 1.24 bits per heavy atom. The number of rotatable bonds is 7. The van der Waals surface area contributed by atoms with Crippen molar-refractivity contribution in [3.8, 4) is 5.75 Å². The second-order valence-corrected chi connectivity index (χ2v) is 6.95. The Kier molecular flexibility index (Phi) is 6.39. The number of ether oxygens (including phenoxy) is 1. The van der Waals surface area contributed by atoms with Crippen LogP contribution in [0.15, 0.2) is 42.5 Å². The molecule has 1 amide bonds. The first-order chi connectivity index (χ1) is 13.9. The molecule has 0 aliphatic carbocycles. The maximum absolute atomic E-state index is 13.1. The Bertz CT molecular complexity index is 1020. The van der Waals surface area contributed by atoms with Gasteiger partial charge in [-0.3, -0.25) is 4.79 Å². The number of halogens is 2. The van der Waals surface area contributed by atoms with Gasteiger partial charge in [0.15, 0.2) is 0 Å². The van der Waals surface area contributed by atoms with E-state index in [1.807, 2.05) is 13.0 Å². The molecule has 0 aliphatic heterocycles. The Morgan fingerprint density at radius 3 is 2.62 bits per heavy atom. The monoisotopic (exact) mass is 416 g/mol. The lowest BCUT2D eigenvalue weighted by atomic mass is 10.2. The maximum Gasteiger partial charge on any atom is 0.221 e. The fourth-order valence-corrected chi connectivity index (χ4v) is 3.24. The Hall–Kier alpha value is -3.06. The molecule has 3 aromatic rings. The van der Waals surface area contributed by atoms with Crippen molar-refractivity contribution in [2.24, 2.45) is 0 Å². The van der Waals surface area contributed by atoms with Gasteiger partial charge in [0.05, 0.1) is 25.0 Å². The van der Waals surface area contributed by atoms with Crippen molar-refractivity contribution >= 4 is 28.9 Å². The van der Waals surface area contributed by atoms with E-state index in [-0.39, 0.29) is 11.7 Å². The Labute approximate surface area is 173 Å². The van der Waals surface area contributed by atoms with E-state index in [2.05, 4.69) is 15.7 Å². The van der Waals surface area contributed by atoms with Gasteiger partial charge in [0.2, 0.25) is 5.91 Å². The van der Waals surface area contributed by atoms with Crippen LogP contribution in [-0.4, -0.2) is 22.8 Å². The molecule has 0 aliphatic rings. The van der Waals surface area contributed by atoms with Crippen molar-refractivity contribution in [2.75, 3.05) is 17.7 Å². The minimum absolute atomic E-state index is 0.167. The second-order valence-electron chi connectivity index (χ2n) is 6.59. The van der Waals surface area contributed by atoms with Crippen LogP contribution in [0.25, 0.3) is 0 Å². The summed E-state index contributed by atoms with van der Waals surface area (Å²) in [5, 5.41) is 11.1. The quantitative estimate of drug-likeness (QED) is 0.590. The molecule has 0 bridgehead atoms. The third-order valence-corrected chi connectivity index (χ3v) is 4.83. The smallest absolute Gasteiger partial charge is 0.221 e. The highest BCUT2D eigenvalue weighted by Gasteiger charge is 2.14. The topological polar surface area (TPSA) is 68.2 Å². The molecule has 3 rings (SSSR count). The molecule has 8 heteroatoms. The highest BCUT2D eigenvalue weighted by atomic mass is 35.5. The number of nitrogens with one attached hydrogen (secondary N) is 2. The predicted octanol–water partition coefficient (Wildman–Crippen LogP) is 4.61. The Morgan fingerprint density at radius 2 is 1.97 bits per heavy atom. The van der Waals surface area contributed by atoms with E-state index in [0.29, 0.717) is 29.7 Å². The predicted molar refractivity (Wildman–Crippen MR) is 112 cm³/mol. The van der Waals surface area contributed by atoms with Gasteiger partial charge in [0.25, 0.3) is 0 Å². The molecule has 2 aromatic carbocycles. The van der Waals surface area contributed by atoms with Crippen LogP contribution in [0.4, 0.5) is 15.8 Å². The summed E-state index contributed by atoms with van der Waals surface area (Å²) in [6.45, 7) is 4.26. The van der Waals surface area contributed by atoms with Gasteiger partial charge in [-0.1, -0.05) is 23.7 Å². The molecular weight excluding hydrogens is 395 g/mol. The van der Waals surface area contributed by atoms with Crippen molar-refractivity contribution in [1.82, 2.24) is 9.78 Å². The SMILES string of the molecule is COc1cc(NCc2c(C)nn(Cc3ccc(F)cc3)c2Cl)ccc1NC(C)=O. The van der Waals surface area contributed by atoms with Gasteiger partial charge >= 0.3 is 0 Å². The number of methoxy groups -OCH3 is 1. The number of aryl methyl sites for hydroxylation is 1. The first-order valence-electron chi connectivity index (χ1n) is 9.03. The zero-order chi connectivity index (χ0) is 21.0. The van der Waals surface area contributed by atoms with E-state index >= 15 is 0 Å². The normalized spacial score (nSPS) is 10.7. The summed E-state index contributed by atoms with van der Waals surface area (Å²) in [6, 6.07) is 11.7. The number of hydrogen-bond acceptors (Lipinski definition) is 4. The highest BCUT2D eigenvalue weighted by molar-refractivity contribution is 6.30. The number of hydrogen-bond donors (Lipinski definition) is 2. The lowest BCUT2D eigenvalue weighted by molar-refractivity contribution is -0.114. The molecule has 152 valence electrons. The molecule has 0 spiro atoms. The first-order valence-corrected chi connectivity index (χ1v) is 9.41. The molecule has 6 nitrogen and oxygen atoms in total. The summed E-state index contributed by atoms with van der Waals surface area (Å²) >= 11 is 6.53. The largest absolute Gasteiger partial charge is 0.494 e. The minimum atomic E-state index is -0.277. The molecule has 0 atom stereocenters. The molecular formula is C21H22ClFN4O2. The van der Waals surface area contributed by atoms with Gasteiger partial charge in [0.1, 0.15) is 16.7 Å².